The smallest absolute Gasteiger partial charge is 0.146 e. The standard InChI is InChI=1S/C11H13FN4/c1-2-13-7-11-14-8-15-16(11)10-5-3-4-9(12)6-10/h3-6,8,13H,2,7H2,1H3. The first-order valence-corrected chi connectivity index (χ1v) is 5.17. The van der Waals surface area contributed by atoms with Crippen LogP contribution in [0.2, 0.25) is 0 Å². The molecule has 4 nitrogen and oxygen atoms in total. The SMILES string of the molecule is CCNCc1ncnn1-c1cccc(F)c1. The van der Waals surface area contributed by atoms with E-state index < -0.39 is 0 Å². The molecule has 0 unspecified atom stereocenters. The molecule has 0 radical (unpaired) electrons. The van der Waals surface area contributed by atoms with Gasteiger partial charge in [0.1, 0.15) is 18.0 Å². The molecule has 0 spiro atoms. The number of nitrogens with zero attached hydrogens (tertiary/aromatic N) is 3. The highest BCUT2D eigenvalue weighted by Crippen LogP contribution is 2.10. The van der Waals surface area contributed by atoms with Crippen LogP contribution in [0.5, 0.6) is 0 Å². The lowest BCUT2D eigenvalue weighted by atomic mass is 10.3. The van der Waals surface area contributed by atoms with Gasteiger partial charge in [-0.15, -0.1) is 0 Å². The number of aromatic nitrogens is 3. The minimum absolute atomic E-state index is 0.276. The van der Waals surface area contributed by atoms with Crippen molar-refractivity contribution in [2.45, 2.75) is 13.5 Å². The van der Waals surface area contributed by atoms with E-state index >= 15 is 0 Å². The summed E-state index contributed by atoms with van der Waals surface area (Å²) in [6.45, 7) is 3.49. The van der Waals surface area contributed by atoms with Gasteiger partial charge in [-0.05, 0) is 24.7 Å². The molecule has 0 amide bonds. The maximum Gasteiger partial charge on any atom is 0.146 e. The van der Waals surface area contributed by atoms with Crippen molar-refractivity contribution in [2.75, 3.05) is 6.54 Å². The fourth-order valence-corrected chi connectivity index (χ4v) is 1.45. The van der Waals surface area contributed by atoms with Crippen LogP contribution in [-0.4, -0.2) is 21.3 Å². The Morgan fingerprint density at radius 2 is 2.31 bits per heavy atom. The third kappa shape index (κ3) is 2.25. The molecule has 1 aromatic heterocycles. The summed E-state index contributed by atoms with van der Waals surface area (Å²) in [5.41, 5.74) is 0.686. The molecule has 0 atom stereocenters. The molecule has 0 fully saturated rings. The van der Waals surface area contributed by atoms with E-state index in [0.29, 0.717) is 12.2 Å². The molecule has 16 heavy (non-hydrogen) atoms. The molecule has 0 bridgehead atoms. The second-order valence-electron chi connectivity index (χ2n) is 3.35. The largest absolute Gasteiger partial charge is 0.310 e. The van der Waals surface area contributed by atoms with Gasteiger partial charge in [-0.1, -0.05) is 13.0 Å². The summed E-state index contributed by atoms with van der Waals surface area (Å²) < 4.78 is 14.7. The Labute approximate surface area is 93.1 Å². The zero-order valence-electron chi connectivity index (χ0n) is 9.02. The number of halogens is 1. The van der Waals surface area contributed by atoms with Crippen LogP contribution in [0.1, 0.15) is 12.7 Å². The van der Waals surface area contributed by atoms with Crippen molar-refractivity contribution in [2.24, 2.45) is 0 Å². The first kappa shape index (κ1) is 10.8. The molecule has 1 N–H and O–H groups in total. The van der Waals surface area contributed by atoms with Gasteiger partial charge in [0.25, 0.3) is 0 Å². The molecule has 84 valence electrons. The first-order chi connectivity index (χ1) is 7.81. The fourth-order valence-electron chi connectivity index (χ4n) is 1.45. The zero-order chi connectivity index (χ0) is 11.4. The molecular formula is C11H13FN4. The van der Waals surface area contributed by atoms with Gasteiger partial charge in [0.2, 0.25) is 0 Å². The third-order valence-electron chi connectivity index (χ3n) is 2.20. The van der Waals surface area contributed by atoms with Gasteiger partial charge in [0.15, 0.2) is 0 Å². The Bertz CT molecular complexity index is 467. The topological polar surface area (TPSA) is 42.7 Å². The Balaban J connectivity index is 2.29. The monoisotopic (exact) mass is 220 g/mol. The van der Waals surface area contributed by atoms with Crippen molar-refractivity contribution < 1.29 is 4.39 Å². The van der Waals surface area contributed by atoms with Crippen LogP contribution in [0.15, 0.2) is 30.6 Å². The van der Waals surface area contributed by atoms with E-state index in [2.05, 4.69) is 15.4 Å². The van der Waals surface area contributed by atoms with Crippen molar-refractivity contribution in [1.82, 2.24) is 20.1 Å². The second kappa shape index (κ2) is 4.85. The van der Waals surface area contributed by atoms with E-state index in [1.165, 1.54) is 18.5 Å². The van der Waals surface area contributed by atoms with Crippen LogP contribution in [0.3, 0.4) is 0 Å². The molecule has 0 aliphatic carbocycles. The molecule has 2 aromatic rings. The van der Waals surface area contributed by atoms with Crippen molar-refractivity contribution in [3.05, 3.63) is 42.2 Å². The normalized spacial score (nSPS) is 10.6. The summed E-state index contributed by atoms with van der Waals surface area (Å²) >= 11 is 0. The van der Waals surface area contributed by atoms with Crippen LogP contribution < -0.4 is 5.32 Å². The summed E-state index contributed by atoms with van der Waals surface area (Å²) in [7, 11) is 0. The number of benzene rings is 1. The van der Waals surface area contributed by atoms with Crippen LogP contribution >= 0.6 is 0 Å². The molecule has 5 heteroatoms. The van der Waals surface area contributed by atoms with Crippen LogP contribution in [0.4, 0.5) is 4.39 Å². The van der Waals surface area contributed by atoms with Crippen LogP contribution in [0.25, 0.3) is 5.69 Å². The summed E-state index contributed by atoms with van der Waals surface area (Å²) in [5, 5.41) is 7.24. The van der Waals surface area contributed by atoms with Crippen molar-refractivity contribution in [3.8, 4) is 5.69 Å². The second-order valence-corrected chi connectivity index (χ2v) is 3.35. The van der Waals surface area contributed by atoms with E-state index in [4.69, 9.17) is 0 Å². The zero-order valence-corrected chi connectivity index (χ0v) is 9.02. The molecule has 0 aliphatic heterocycles. The maximum atomic E-state index is 13.1. The Hall–Kier alpha value is -1.75. The summed E-state index contributed by atoms with van der Waals surface area (Å²) in [6.07, 6.45) is 1.47. The van der Waals surface area contributed by atoms with E-state index in [1.807, 2.05) is 6.92 Å². The van der Waals surface area contributed by atoms with Crippen molar-refractivity contribution in [3.63, 3.8) is 0 Å². The van der Waals surface area contributed by atoms with Gasteiger partial charge < -0.3 is 5.32 Å². The van der Waals surface area contributed by atoms with Gasteiger partial charge in [0, 0.05) is 0 Å². The molecule has 0 aliphatic rings. The predicted molar refractivity (Wildman–Crippen MR) is 58.7 cm³/mol. The molecule has 0 saturated carbocycles. The number of hydrogen-bond donors (Lipinski definition) is 1. The minimum Gasteiger partial charge on any atom is -0.310 e. The quantitative estimate of drug-likeness (QED) is 0.849. The fraction of sp³-hybridized carbons (Fsp3) is 0.273. The van der Waals surface area contributed by atoms with E-state index in [1.54, 1.807) is 16.8 Å². The Kier molecular flexibility index (Phi) is 3.26. The molecule has 2 rings (SSSR count). The average molecular weight is 220 g/mol. The van der Waals surface area contributed by atoms with Crippen molar-refractivity contribution >= 4 is 0 Å². The van der Waals surface area contributed by atoms with Crippen LogP contribution in [-0.2, 0) is 6.54 Å². The summed E-state index contributed by atoms with van der Waals surface area (Å²) in [6, 6.07) is 6.30. The van der Waals surface area contributed by atoms with E-state index in [-0.39, 0.29) is 5.82 Å². The highest BCUT2D eigenvalue weighted by molar-refractivity contribution is 5.31. The molecule has 0 saturated heterocycles. The van der Waals surface area contributed by atoms with Gasteiger partial charge in [-0.25, -0.2) is 14.1 Å². The lowest BCUT2D eigenvalue weighted by Crippen LogP contribution is -2.16. The van der Waals surface area contributed by atoms with Gasteiger partial charge >= 0.3 is 0 Å². The van der Waals surface area contributed by atoms with Gasteiger partial charge in [0.05, 0.1) is 12.2 Å². The number of rotatable bonds is 4. The molecular weight excluding hydrogens is 207 g/mol. The first-order valence-electron chi connectivity index (χ1n) is 5.17. The summed E-state index contributed by atoms with van der Waals surface area (Å²) in [5.74, 6) is 0.495. The predicted octanol–water partition coefficient (Wildman–Crippen LogP) is 1.52. The average Bonchev–Trinajstić information content (AvgIpc) is 2.74. The highest BCUT2D eigenvalue weighted by Gasteiger charge is 2.06. The maximum absolute atomic E-state index is 13.1. The molecule has 1 heterocycles. The highest BCUT2D eigenvalue weighted by atomic mass is 19.1. The number of nitrogens with one attached hydrogen (secondary N) is 1. The Morgan fingerprint density at radius 1 is 1.44 bits per heavy atom. The summed E-state index contributed by atoms with van der Waals surface area (Å²) in [4.78, 5) is 4.13. The number of hydrogen-bond acceptors (Lipinski definition) is 3. The van der Waals surface area contributed by atoms with Gasteiger partial charge in [-0.2, -0.15) is 5.10 Å². The van der Waals surface area contributed by atoms with E-state index in [0.717, 1.165) is 12.4 Å². The minimum atomic E-state index is -0.276. The van der Waals surface area contributed by atoms with Gasteiger partial charge in [-0.3, -0.25) is 0 Å². The van der Waals surface area contributed by atoms with E-state index in [9.17, 15) is 4.39 Å². The van der Waals surface area contributed by atoms with Crippen LogP contribution in [0, 0.1) is 5.82 Å². The lowest BCUT2D eigenvalue weighted by Gasteiger charge is -2.06. The third-order valence-corrected chi connectivity index (χ3v) is 2.20. The Morgan fingerprint density at radius 3 is 3.06 bits per heavy atom. The lowest BCUT2D eigenvalue weighted by molar-refractivity contribution is 0.622. The molecule has 1 aromatic carbocycles. The van der Waals surface area contributed by atoms with Crippen molar-refractivity contribution in [1.29, 1.82) is 0 Å².